The van der Waals surface area contributed by atoms with Gasteiger partial charge in [-0.1, -0.05) is 0 Å². The van der Waals surface area contributed by atoms with Crippen molar-refractivity contribution in [3.63, 3.8) is 0 Å². The van der Waals surface area contributed by atoms with E-state index >= 15 is 0 Å². The number of nitrogens with one attached hydrogen (secondary N) is 1. The van der Waals surface area contributed by atoms with Gasteiger partial charge in [0.15, 0.2) is 0 Å². The van der Waals surface area contributed by atoms with Gasteiger partial charge in [0.05, 0.1) is 11.6 Å². The van der Waals surface area contributed by atoms with Crippen LogP contribution in [-0.2, 0) is 10.9 Å². The second-order valence-electron chi connectivity index (χ2n) is 5.67. The average Bonchev–Trinajstić information content (AvgIpc) is 2.33. The van der Waals surface area contributed by atoms with Crippen LogP contribution in [0.1, 0.15) is 37.9 Å². The molecule has 1 amide bonds. The molecule has 0 aromatic heterocycles. The lowest BCUT2D eigenvalue weighted by molar-refractivity contribution is -0.137. The highest BCUT2D eigenvalue weighted by Crippen LogP contribution is 2.31. The monoisotopic (exact) mass is 322 g/mol. The van der Waals surface area contributed by atoms with Gasteiger partial charge in [0.25, 0.3) is 0 Å². The highest BCUT2D eigenvalue weighted by molar-refractivity contribution is 5.68. The highest BCUT2D eigenvalue weighted by atomic mass is 19.4. The van der Waals surface area contributed by atoms with Gasteiger partial charge in [-0.05, 0) is 39.0 Å². The lowest BCUT2D eigenvalue weighted by Gasteiger charge is -2.23. The number of benzene rings is 1. The molecule has 4 nitrogen and oxygen atoms in total. The molecule has 0 aliphatic carbocycles. The number of rotatable bonds is 3. The van der Waals surface area contributed by atoms with E-state index in [1.165, 1.54) is 0 Å². The molecule has 0 heterocycles. The zero-order valence-corrected chi connectivity index (χ0v) is 12.4. The molecule has 1 atom stereocenters. The van der Waals surface area contributed by atoms with E-state index in [1.807, 2.05) is 0 Å². The van der Waals surface area contributed by atoms with Gasteiger partial charge in [0.2, 0.25) is 0 Å². The maximum absolute atomic E-state index is 13.8. The summed E-state index contributed by atoms with van der Waals surface area (Å²) in [6, 6.07) is 0.818. The fourth-order valence-electron chi connectivity index (χ4n) is 1.70. The zero-order valence-electron chi connectivity index (χ0n) is 12.4. The molecule has 0 aliphatic heterocycles. The number of alkyl halides is 3. The molecule has 8 heteroatoms. The van der Waals surface area contributed by atoms with E-state index in [9.17, 15) is 22.4 Å². The molecule has 0 saturated heterocycles. The largest absolute Gasteiger partial charge is 0.444 e. The molecule has 1 aromatic rings. The third kappa shape index (κ3) is 5.18. The third-order valence-corrected chi connectivity index (χ3v) is 2.63. The van der Waals surface area contributed by atoms with Gasteiger partial charge in [-0.15, -0.1) is 0 Å². The first-order chi connectivity index (χ1) is 9.94. The third-order valence-electron chi connectivity index (χ3n) is 2.63. The van der Waals surface area contributed by atoms with Crippen molar-refractivity contribution in [2.45, 2.75) is 38.6 Å². The van der Waals surface area contributed by atoms with E-state index < -0.39 is 35.3 Å². The van der Waals surface area contributed by atoms with Crippen LogP contribution in [0.25, 0.3) is 0 Å². The second kappa shape index (κ2) is 6.51. The molecule has 22 heavy (non-hydrogen) atoms. The van der Waals surface area contributed by atoms with Gasteiger partial charge in [0.1, 0.15) is 11.4 Å². The Morgan fingerprint density at radius 3 is 2.36 bits per heavy atom. The topological polar surface area (TPSA) is 64.3 Å². The second-order valence-corrected chi connectivity index (χ2v) is 5.67. The molecule has 124 valence electrons. The Labute approximate surface area is 125 Å². The van der Waals surface area contributed by atoms with Gasteiger partial charge < -0.3 is 15.8 Å². The molecule has 0 saturated carbocycles. The highest BCUT2D eigenvalue weighted by Gasteiger charge is 2.32. The van der Waals surface area contributed by atoms with Crippen molar-refractivity contribution in [1.29, 1.82) is 0 Å². The number of hydrogen-bond acceptors (Lipinski definition) is 3. The van der Waals surface area contributed by atoms with Crippen molar-refractivity contribution in [3.05, 3.63) is 35.1 Å². The summed E-state index contributed by atoms with van der Waals surface area (Å²) in [4.78, 5) is 11.7. The first kappa shape index (κ1) is 18.2. The van der Waals surface area contributed by atoms with Gasteiger partial charge in [0, 0.05) is 12.1 Å². The fourth-order valence-corrected chi connectivity index (χ4v) is 1.70. The van der Waals surface area contributed by atoms with Crippen molar-refractivity contribution in [3.8, 4) is 0 Å². The van der Waals surface area contributed by atoms with Crippen molar-refractivity contribution in [2.24, 2.45) is 5.73 Å². The maximum Gasteiger partial charge on any atom is 0.416 e. The number of carbonyl (C=O) groups excluding carboxylic acids is 1. The minimum absolute atomic E-state index is 0.280. The number of amides is 1. The van der Waals surface area contributed by atoms with Gasteiger partial charge in [-0.3, -0.25) is 0 Å². The molecular weight excluding hydrogens is 304 g/mol. The van der Waals surface area contributed by atoms with E-state index in [-0.39, 0.29) is 12.1 Å². The summed E-state index contributed by atoms with van der Waals surface area (Å²) >= 11 is 0. The Kier molecular flexibility index (Phi) is 5.39. The first-order valence-corrected chi connectivity index (χ1v) is 6.50. The maximum atomic E-state index is 13.8. The lowest BCUT2D eigenvalue weighted by Crippen LogP contribution is -2.38. The molecule has 0 radical (unpaired) electrons. The molecule has 1 rings (SSSR count). The van der Waals surface area contributed by atoms with E-state index in [4.69, 9.17) is 10.5 Å². The minimum atomic E-state index is -4.62. The van der Waals surface area contributed by atoms with Crippen molar-refractivity contribution >= 4 is 6.09 Å². The Balaban J connectivity index is 3.02. The molecule has 0 spiro atoms. The quantitative estimate of drug-likeness (QED) is 0.839. The minimum Gasteiger partial charge on any atom is -0.444 e. The smallest absolute Gasteiger partial charge is 0.416 e. The summed E-state index contributed by atoms with van der Waals surface area (Å²) < 4.78 is 56.8. The number of halogens is 4. The predicted octanol–water partition coefficient (Wildman–Crippen LogP) is 3.37. The predicted molar refractivity (Wildman–Crippen MR) is 72.6 cm³/mol. The lowest BCUT2D eigenvalue weighted by atomic mass is 10.0. The van der Waals surface area contributed by atoms with Crippen LogP contribution in [0.2, 0.25) is 0 Å². The summed E-state index contributed by atoms with van der Waals surface area (Å²) in [6.07, 6.45) is -5.51. The first-order valence-electron chi connectivity index (χ1n) is 6.50. The molecule has 3 N–H and O–H groups in total. The summed E-state index contributed by atoms with van der Waals surface area (Å²) in [5.74, 6) is -0.889. The van der Waals surface area contributed by atoms with Crippen LogP contribution in [0.5, 0.6) is 0 Å². The van der Waals surface area contributed by atoms with E-state index in [0.29, 0.717) is 18.2 Å². The Morgan fingerprint density at radius 1 is 1.32 bits per heavy atom. The van der Waals surface area contributed by atoms with Gasteiger partial charge in [-0.2, -0.15) is 13.2 Å². The van der Waals surface area contributed by atoms with E-state index in [0.717, 1.165) is 0 Å². The standard InChI is InChI=1S/C14H18F4N2O2/c1-13(2,3)22-12(21)20-11(7-19)9-6-8(14(16,17)18)4-5-10(9)15/h4-6,11H,7,19H2,1-3H3,(H,20,21). The molecule has 1 unspecified atom stereocenters. The van der Waals surface area contributed by atoms with Crippen LogP contribution in [-0.4, -0.2) is 18.2 Å². The van der Waals surface area contributed by atoms with Crippen LogP contribution in [0, 0.1) is 5.82 Å². The van der Waals surface area contributed by atoms with E-state index in [2.05, 4.69) is 5.32 Å². The normalized spacial score (nSPS) is 13.6. The number of hydrogen-bond donors (Lipinski definition) is 2. The summed E-state index contributed by atoms with van der Waals surface area (Å²) in [5.41, 5.74) is 3.27. The van der Waals surface area contributed by atoms with Crippen molar-refractivity contribution in [1.82, 2.24) is 5.32 Å². The number of carbonyl (C=O) groups is 1. The van der Waals surface area contributed by atoms with Crippen LogP contribution in [0.3, 0.4) is 0 Å². The molecule has 1 aromatic carbocycles. The summed E-state index contributed by atoms with van der Waals surface area (Å²) in [7, 11) is 0. The number of alkyl carbamates (subject to hydrolysis) is 1. The van der Waals surface area contributed by atoms with Crippen molar-refractivity contribution < 1.29 is 27.1 Å². The fraction of sp³-hybridized carbons (Fsp3) is 0.500. The van der Waals surface area contributed by atoms with Crippen LogP contribution in [0.4, 0.5) is 22.4 Å². The van der Waals surface area contributed by atoms with Gasteiger partial charge in [-0.25, -0.2) is 9.18 Å². The average molecular weight is 322 g/mol. The molecule has 0 fully saturated rings. The van der Waals surface area contributed by atoms with Crippen molar-refractivity contribution in [2.75, 3.05) is 6.54 Å². The van der Waals surface area contributed by atoms with Crippen LogP contribution >= 0.6 is 0 Å². The van der Waals surface area contributed by atoms with Gasteiger partial charge >= 0.3 is 12.3 Å². The Bertz CT molecular complexity index is 539. The number of nitrogens with two attached hydrogens (primary N) is 1. The van der Waals surface area contributed by atoms with Crippen LogP contribution < -0.4 is 11.1 Å². The van der Waals surface area contributed by atoms with Crippen LogP contribution in [0.15, 0.2) is 18.2 Å². The molecule has 0 aliphatic rings. The SMILES string of the molecule is CC(C)(C)OC(=O)NC(CN)c1cc(C(F)(F)F)ccc1F. The summed E-state index contributed by atoms with van der Waals surface area (Å²) in [6.45, 7) is 4.58. The molecular formula is C14H18F4N2O2. The summed E-state index contributed by atoms with van der Waals surface area (Å²) in [5, 5.41) is 2.27. The zero-order chi connectivity index (χ0) is 17.1. The number of ether oxygens (including phenoxy) is 1. The van der Waals surface area contributed by atoms with E-state index in [1.54, 1.807) is 20.8 Å². The Hall–Kier alpha value is -1.83. The molecule has 0 bridgehead atoms. The Morgan fingerprint density at radius 2 is 1.91 bits per heavy atom.